The van der Waals surface area contributed by atoms with E-state index in [-0.39, 0.29) is 23.6 Å². The van der Waals surface area contributed by atoms with Crippen LogP contribution in [-0.2, 0) is 4.79 Å². The number of fused-ring (bicyclic) bond motifs is 3. The summed E-state index contributed by atoms with van der Waals surface area (Å²) in [7, 11) is 0. The Balaban J connectivity index is 1.30. The number of likely N-dealkylation sites (tertiary alicyclic amines) is 2. The number of nitrogens with zero attached hydrogens (tertiary/aromatic N) is 3. The van der Waals surface area contributed by atoms with Crippen LogP contribution in [0.15, 0.2) is 42.5 Å². The number of halogens is 2. The largest absolute Gasteiger partial charge is 0.343 e. The molecule has 31 heavy (non-hydrogen) atoms. The van der Waals surface area contributed by atoms with Gasteiger partial charge in [-0.15, -0.1) is 0 Å². The number of benzene rings is 2. The fraction of sp³-hybridized carbons (Fsp3) is 0.480. The van der Waals surface area contributed by atoms with Gasteiger partial charge < -0.3 is 14.7 Å². The molecule has 2 aromatic carbocycles. The van der Waals surface area contributed by atoms with Crippen molar-refractivity contribution in [3.05, 3.63) is 59.7 Å². The summed E-state index contributed by atoms with van der Waals surface area (Å²) >= 11 is 0. The zero-order chi connectivity index (χ0) is 21.4. The van der Waals surface area contributed by atoms with Gasteiger partial charge in [-0.1, -0.05) is 0 Å². The first-order chi connectivity index (χ1) is 15.1. The topological polar surface area (TPSA) is 26.8 Å². The molecule has 2 saturated heterocycles. The quantitative estimate of drug-likeness (QED) is 0.696. The Hall–Kier alpha value is -2.47. The molecule has 0 unspecified atom stereocenters. The van der Waals surface area contributed by atoms with Gasteiger partial charge in [-0.2, -0.15) is 0 Å². The Morgan fingerprint density at radius 1 is 0.935 bits per heavy atom. The number of anilines is 2. The van der Waals surface area contributed by atoms with Crippen LogP contribution in [0, 0.1) is 11.6 Å². The summed E-state index contributed by atoms with van der Waals surface area (Å²) in [6.07, 6.45) is 4.77. The molecular formula is C25H29F2N3O. The lowest BCUT2D eigenvalue weighted by Gasteiger charge is -2.39. The molecule has 0 radical (unpaired) electrons. The number of carbonyl (C=O) groups is 1. The van der Waals surface area contributed by atoms with E-state index in [9.17, 15) is 13.6 Å². The van der Waals surface area contributed by atoms with Gasteiger partial charge in [0, 0.05) is 55.9 Å². The minimum Gasteiger partial charge on any atom is -0.343 e. The Bertz CT molecular complexity index is 948. The molecule has 0 spiro atoms. The molecule has 3 aliphatic heterocycles. The molecule has 2 aromatic rings. The monoisotopic (exact) mass is 425 g/mol. The van der Waals surface area contributed by atoms with Crippen molar-refractivity contribution in [2.45, 2.75) is 44.1 Å². The number of hydrogen-bond donors (Lipinski definition) is 0. The van der Waals surface area contributed by atoms with Crippen LogP contribution >= 0.6 is 0 Å². The van der Waals surface area contributed by atoms with Crippen LogP contribution in [0.4, 0.5) is 20.2 Å². The first kappa shape index (κ1) is 20.4. The van der Waals surface area contributed by atoms with E-state index >= 15 is 0 Å². The molecule has 1 amide bonds. The zero-order valence-electron chi connectivity index (χ0n) is 17.8. The summed E-state index contributed by atoms with van der Waals surface area (Å²) < 4.78 is 27.6. The zero-order valence-corrected chi connectivity index (χ0v) is 17.8. The number of hydrogen-bond acceptors (Lipinski definition) is 3. The van der Waals surface area contributed by atoms with Gasteiger partial charge in [-0.25, -0.2) is 8.78 Å². The Labute approximate surface area is 182 Å². The van der Waals surface area contributed by atoms with Gasteiger partial charge in [0.2, 0.25) is 5.91 Å². The highest BCUT2D eigenvalue weighted by Crippen LogP contribution is 2.48. The molecule has 0 bridgehead atoms. The molecular weight excluding hydrogens is 396 g/mol. The molecule has 164 valence electrons. The molecule has 0 aliphatic carbocycles. The van der Waals surface area contributed by atoms with Crippen molar-refractivity contribution in [1.82, 2.24) is 9.80 Å². The molecule has 0 saturated carbocycles. The van der Waals surface area contributed by atoms with Crippen LogP contribution in [0.2, 0.25) is 0 Å². The highest BCUT2D eigenvalue weighted by atomic mass is 19.1. The smallest absolute Gasteiger partial charge is 0.222 e. The third-order valence-electron chi connectivity index (χ3n) is 7.07. The van der Waals surface area contributed by atoms with Crippen molar-refractivity contribution in [1.29, 1.82) is 0 Å². The fourth-order valence-corrected chi connectivity index (χ4v) is 5.56. The lowest BCUT2D eigenvalue weighted by Crippen LogP contribution is -2.45. The third kappa shape index (κ3) is 4.05. The van der Waals surface area contributed by atoms with E-state index in [2.05, 4.69) is 9.80 Å². The maximum absolute atomic E-state index is 14.1. The van der Waals surface area contributed by atoms with E-state index in [4.69, 9.17) is 0 Å². The van der Waals surface area contributed by atoms with E-state index in [1.807, 2.05) is 23.1 Å². The normalized spacial score (nSPS) is 23.7. The summed E-state index contributed by atoms with van der Waals surface area (Å²) in [6, 6.07) is 11.9. The minimum atomic E-state index is -0.249. The molecule has 4 nitrogen and oxygen atoms in total. The fourth-order valence-electron chi connectivity index (χ4n) is 5.56. The Morgan fingerprint density at radius 2 is 1.74 bits per heavy atom. The second kappa shape index (κ2) is 8.58. The highest BCUT2D eigenvalue weighted by Gasteiger charge is 2.42. The predicted octanol–water partition coefficient (Wildman–Crippen LogP) is 4.68. The van der Waals surface area contributed by atoms with Crippen LogP contribution in [0.5, 0.6) is 0 Å². The molecule has 2 fully saturated rings. The molecule has 3 aliphatic rings. The van der Waals surface area contributed by atoms with Crippen LogP contribution < -0.4 is 4.90 Å². The van der Waals surface area contributed by atoms with Crippen molar-refractivity contribution in [2.75, 3.05) is 37.6 Å². The first-order valence-electron chi connectivity index (χ1n) is 11.4. The average Bonchev–Trinajstić information content (AvgIpc) is 3.09. The summed E-state index contributed by atoms with van der Waals surface area (Å²) in [4.78, 5) is 18.8. The summed E-state index contributed by atoms with van der Waals surface area (Å²) in [5, 5.41) is 0. The highest BCUT2D eigenvalue weighted by molar-refractivity contribution is 5.76. The van der Waals surface area contributed by atoms with E-state index in [0.29, 0.717) is 12.3 Å². The number of amides is 1. The minimum absolute atomic E-state index is 0.209. The summed E-state index contributed by atoms with van der Waals surface area (Å²) in [6.45, 7) is 4.53. The molecule has 3 heterocycles. The van der Waals surface area contributed by atoms with Crippen LogP contribution in [0.3, 0.4) is 0 Å². The third-order valence-corrected chi connectivity index (χ3v) is 7.07. The maximum Gasteiger partial charge on any atom is 0.222 e. The van der Waals surface area contributed by atoms with Gasteiger partial charge in [-0.05, 0) is 80.3 Å². The lowest BCUT2D eigenvalue weighted by atomic mass is 9.89. The van der Waals surface area contributed by atoms with Crippen molar-refractivity contribution >= 4 is 17.3 Å². The van der Waals surface area contributed by atoms with E-state index < -0.39 is 0 Å². The van der Waals surface area contributed by atoms with Crippen molar-refractivity contribution in [3.8, 4) is 0 Å². The van der Waals surface area contributed by atoms with Crippen molar-refractivity contribution in [2.24, 2.45) is 0 Å². The van der Waals surface area contributed by atoms with Gasteiger partial charge >= 0.3 is 0 Å². The van der Waals surface area contributed by atoms with Crippen LogP contribution in [-0.4, -0.2) is 54.5 Å². The van der Waals surface area contributed by atoms with E-state index in [1.54, 1.807) is 6.07 Å². The maximum atomic E-state index is 14.1. The standard InChI is InChI=1S/C25H29F2N3O/c26-18-5-8-20(9-6-18)30-23-10-7-19(27)16-21(23)22-17-28(15-11-24(22)30)12-3-14-29-13-2-1-4-25(29)31/h5-10,16,22,24H,1-4,11-15,17H2/t22-,24+/m0/s1. The van der Waals surface area contributed by atoms with Crippen molar-refractivity contribution in [3.63, 3.8) is 0 Å². The summed E-state index contributed by atoms with van der Waals surface area (Å²) in [5.74, 6) is 0.0567. The molecule has 2 atom stereocenters. The molecule has 5 rings (SSSR count). The molecule has 0 N–H and O–H groups in total. The van der Waals surface area contributed by atoms with Crippen LogP contribution in [0.25, 0.3) is 0 Å². The number of piperidine rings is 2. The average molecular weight is 426 g/mol. The SMILES string of the molecule is O=C1CCCCN1CCCN1CC[C@@H]2[C@@H](C1)c1cc(F)ccc1N2c1ccc(F)cc1. The van der Waals surface area contributed by atoms with Gasteiger partial charge in [-0.3, -0.25) is 4.79 Å². The van der Waals surface area contributed by atoms with E-state index in [0.717, 1.165) is 75.3 Å². The van der Waals surface area contributed by atoms with Gasteiger partial charge in [0.15, 0.2) is 0 Å². The second-order valence-electron chi connectivity index (χ2n) is 9.00. The van der Waals surface area contributed by atoms with E-state index in [1.165, 1.54) is 18.2 Å². The predicted molar refractivity (Wildman–Crippen MR) is 118 cm³/mol. The summed E-state index contributed by atoms with van der Waals surface area (Å²) in [5.41, 5.74) is 3.04. The van der Waals surface area contributed by atoms with Gasteiger partial charge in [0.25, 0.3) is 0 Å². The van der Waals surface area contributed by atoms with Crippen LogP contribution in [0.1, 0.15) is 43.6 Å². The van der Waals surface area contributed by atoms with Gasteiger partial charge in [0.1, 0.15) is 11.6 Å². The second-order valence-corrected chi connectivity index (χ2v) is 9.00. The Morgan fingerprint density at radius 3 is 2.55 bits per heavy atom. The molecule has 6 heteroatoms. The van der Waals surface area contributed by atoms with Crippen molar-refractivity contribution < 1.29 is 13.6 Å². The lowest BCUT2D eigenvalue weighted by molar-refractivity contribution is -0.133. The first-order valence-corrected chi connectivity index (χ1v) is 11.4. The molecule has 0 aromatic heterocycles. The Kier molecular flexibility index (Phi) is 5.65. The van der Waals surface area contributed by atoms with Gasteiger partial charge in [0.05, 0.1) is 0 Å². The number of carbonyl (C=O) groups excluding carboxylic acids is 1. The number of rotatable bonds is 5.